The highest BCUT2D eigenvalue weighted by atomic mass is 127. The smallest absolute Gasteiger partial charge is 0.194 e. The van der Waals surface area contributed by atoms with Crippen LogP contribution in [0.3, 0.4) is 0 Å². The molecular weight excluding hydrogens is 479 g/mol. The first-order valence-corrected chi connectivity index (χ1v) is 10.1. The second kappa shape index (κ2) is 14.3. The maximum Gasteiger partial charge on any atom is 0.194 e. The van der Waals surface area contributed by atoms with E-state index in [0.717, 1.165) is 64.0 Å². The predicted molar refractivity (Wildman–Crippen MR) is 129 cm³/mol. The van der Waals surface area contributed by atoms with Gasteiger partial charge in [-0.1, -0.05) is 31.2 Å². The third-order valence-electron chi connectivity index (χ3n) is 4.59. The number of aryl methyl sites for hydroxylation is 2. The van der Waals surface area contributed by atoms with Crippen molar-refractivity contribution in [2.75, 3.05) is 33.4 Å². The van der Waals surface area contributed by atoms with Crippen LogP contribution in [-0.2, 0) is 24.2 Å². The van der Waals surface area contributed by atoms with Crippen LogP contribution in [0.2, 0.25) is 0 Å². The summed E-state index contributed by atoms with van der Waals surface area (Å²) in [6.07, 6.45) is 3.59. The number of guanidine groups is 1. The van der Waals surface area contributed by atoms with Gasteiger partial charge in [0.15, 0.2) is 5.96 Å². The second-order valence-corrected chi connectivity index (χ2v) is 6.76. The zero-order valence-electron chi connectivity index (χ0n) is 18.1. The van der Waals surface area contributed by atoms with E-state index in [1.54, 1.807) is 6.33 Å². The van der Waals surface area contributed by atoms with Crippen molar-refractivity contribution in [3.63, 3.8) is 0 Å². The number of aliphatic imine (C=N–C) groups is 1. The summed E-state index contributed by atoms with van der Waals surface area (Å²) in [6, 6.07) is 8.47. The number of halogens is 1. The molecule has 0 amide bonds. The van der Waals surface area contributed by atoms with Crippen LogP contribution < -0.4 is 5.32 Å². The molecule has 1 heterocycles. The molecule has 2 aromatic rings. The van der Waals surface area contributed by atoms with E-state index in [0.29, 0.717) is 0 Å². The minimum absolute atomic E-state index is 0. The maximum absolute atomic E-state index is 5.42. The van der Waals surface area contributed by atoms with Crippen molar-refractivity contribution in [1.29, 1.82) is 0 Å². The van der Waals surface area contributed by atoms with Crippen molar-refractivity contribution in [2.45, 2.75) is 46.7 Å². The molecule has 0 aliphatic rings. The highest BCUT2D eigenvalue weighted by molar-refractivity contribution is 14.0. The molecule has 0 aliphatic heterocycles. The Morgan fingerprint density at radius 2 is 2.07 bits per heavy atom. The van der Waals surface area contributed by atoms with Gasteiger partial charge in [0.2, 0.25) is 0 Å². The molecular formula is C21H35IN6O. The van der Waals surface area contributed by atoms with E-state index >= 15 is 0 Å². The molecule has 0 unspecified atom stereocenters. The van der Waals surface area contributed by atoms with Gasteiger partial charge in [-0.3, -0.25) is 4.99 Å². The highest BCUT2D eigenvalue weighted by Gasteiger charge is 2.09. The maximum atomic E-state index is 5.42. The fourth-order valence-corrected chi connectivity index (χ4v) is 2.95. The van der Waals surface area contributed by atoms with Crippen molar-refractivity contribution in [2.24, 2.45) is 4.99 Å². The monoisotopic (exact) mass is 514 g/mol. The first kappa shape index (κ1) is 25.4. The normalized spacial score (nSPS) is 11.2. The van der Waals surface area contributed by atoms with E-state index in [-0.39, 0.29) is 24.0 Å². The largest absolute Gasteiger partial charge is 0.382 e. The number of hydrogen-bond donors (Lipinski definition) is 1. The van der Waals surface area contributed by atoms with Gasteiger partial charge in [-0.2, -0.15) is 0 Å². The van der Waals surface area contributed by atoms with Crippen LogP contribution in [0.5, 0.6) is 0 Å². The summed E-state index contributed by atoms with van der Waals surface area (Å²) in [6.45, 7) is 10.9. The van der Waals surface area contributed by atoms with Crippen LogP contribution in [0.15, 0.2) is 35.6 Å². The molecule has 1 N–H and O–H groups in total. The zero-order chi connectivity index (χ0) is 20.2. The predicted octanol–water partition coefficient (Wildman–Crippen LogP) is 3.27. The van der Waals surface area contributed by atoms with Crippen LogP contribution in [-0.4, -0.2) is 59.0 Å². The second-order valence-electron chi connectivity index (χ2n) is 6.76. The Balaban J connectivity index is 0.00000420. The number of aromatic nitrogens is 3. The van der Waals surface area contributed by atoms with Gasteiger partial charge >= 0.3 is 0 Å². The van der Waals surface area contributed by atoms with Gasteiger partial charge in [0.25, 0.3) is 0 Å². The van der Waals surface area contributed by atoms with Crippen molar-refractivity contribution in [3.8, 4) is 0 Å². The molecule has 1 aromatic carbocycles. The topological polar surface area (TPSA) is 67.6 Å². The molecule has 0 saturated heterocycles. The number of rotatable bonds is 11. The highest BCUT2D eigenvalue weighted by Crippen LogP contribution is 2.09. The van der Waals surface area contributed by atoms with Crippen LogP contribution in [0.1, 0.15) is 37.2 Å². The summed E-state index contributed by atoms with van der Waals surface area (Å²) in [5.41, 5.74) is 2.60. The molecule has 0 aliphatic carbocycles. The van der Waals surface area contributed by atoms with Crippen molar-refractivity contribution < 1.29 is 4.74 Å². The van der Waals surface area contributed by atoms with E-state index in [2.05, 4.69) is 70.1 Å². The molecule has 0 atom stereocenters. The lowest BCUT2D eigenvalue weighted by Gasteiger charge is -2.23. The van der Waals surface area contributed by atoms with Crippen molar-refractivity contribution >= 4 is 29.9 Å². The average molecular weight is 514 g/mol. The molecule has 2 rings (SSSR count). The molecule has 162 valence electrons. The SMILES string of the molecule is CCOCCCN=C(NCCn1cnnc1CC)N(C)Cc1ccccc1C.I. The van der Waals surface area contributed by atoms with Gasteiger partial charge in [0, 0.05) is 52.9 Å². The Hall–Kier alpha value is -1.68. The van der Waals surface area contributed by atoms with E-state index in [9.17, 15) is 0 Å². The standard InChI is InChI=1S/C21H34N6O.HI/c1-5-20-25-24-17-27(20)14-13-23-21(22-12-9-15-28-6-2)26(4)16-19-11-8-7-10-18(19)3;/h7-8,10-11,17H,5-6,9,12-16H2,1-4H3,(H,22,23);1H. The first-order valence-electron chi connectivity index (χ1n) is 10.1. The number of benzene rings is 1. The molecule has 0 fully saturated rings. The molecule has 29 heavy (non-hydrogen) atoms. The Morgan fingerprint density at radius 1 is 1.28 bits per heavy atom. The van der Waals surface area contributed by atoms with E-state index in [1.807, 2.05) is 6.92 Å². The van der Waals surface area contributed by atoms with Gasteiger partial charge in [-0.05, 0) is 31.4 Å². The minimum atomic E-state index is 0. The molecule has 0 saturated carbocycles. The fourth-order valence-electron chi connectivity index (χ4n) is 2.95. The van der Waals surface area contributed by atoms with Crippen LogP contribution in [0.4, 0.5) is 0 Å². The number of ether oxygens (including phenoxy) is 1. The van der Waals surface area contributed by atoms with Crippen LogP contribution >= 0.6 is 24.0 Å². The lowest BCUT2D eigenvalue weighted by atomic mass is 10.1. The average Bonchev–Trinajstić information content (AvgIpc) is 3.15. The number of nitrogens with one attached hydrogen (secondary N) is 1. The van der Waals surface area contributed by atoms with Crippen LogP contribution in [0, 0.1) is 6.92 Å². The number of hydrogen-bond acceptors (Lipinski definition) is 4. The number of nitrogens with zero attached hydrogens (tertiary/aromatic N) is 5. The molecule has 0 spiro atoms. The summed E-state index contributed by atoms with van der Waals surface area (Å²) >= 11 is 0. The van der Waals surface area contributed by atoms with Crippen LogP contribution in [0.25, 0.3) is 0 Å². The van der Waals surface area contributed by atoms with Crippen molar-refractivity contribution in [3.05, 3.63) is 47.5 Å². The van der Waals surface area contributed by atoms with Gasteiger partial charge in [-0.15, -0.1) is 34.2 Å². The summed E-state index contributed by atoms with van der Waals surface area (Å²) in [5, 5.41) is 11.6. The molecule has 1 aromatic heterocycles. The first-order chi connectivity index (χ1) is 13.7. The van der Waals surface area contributed by atoms with Gasteiger partial charge in [0.1, 0.15) is 12.2 Å². The van der Waals surface area contributed by atoms with Gasteiger partial charge in [0.05, 0.1) is 0 Å². The summed E-state index contributed by atoms with van der Waals surface area (Å²) in [4.78, 5) is 6.97. The molecule has 7 nitrogen and oxygen atoms in total. The Morgan fingerprint density at radius 3 is 2.79 bits per heavy atom. The summed E-state index contributed by atoms with van der Waals surface area (Å²) in [5.74, 6) is 1.91. The lowest BCUT2D eigenvalue weighted by molar-refractivity contribution is 0.146. The summed E-state index contributed by atoms with van der Waals surface area (Å²) in [7, 11) is 2.08. The van der Waals surface area contributed by atoms with E-state index in [4.69, 9.17) is 9.73 Å². The quantitative estimate of drug-likeness (QED) is 0.216. The third kappa shape index (κ3) is 8.69. The Kier molecular flexibility index (Phi) is 12.5. The van der Waals surface area contributed by atoms with Gasteiger partial charge in [-0.25, -0.2) is 0 Å². The Labute approximate surface area is 192 Å². The fraction of sp³-hybridized carbons (Fsp3) is 0.571. The Bertz CT molecular complexity index is 733. The van der Waals surface area contributed by atoms with E-state index < -0.39 is 0 Å². The van der Waals surface area contributed by atoms with Crippen molar-refractivity contribution in [1.82, 2.24) is 25.0 Å². The zero-order valence-corrected chi connectivity index (χ0v) is 20.4. The molecule has 0 radical (unpaired) electrons. The lowest BCUT2D eigenvalue weighted by Crippen LogP contribution is -2.40. The molecule has 0 bridgehead atoms. The minimum Gasteiger partial charge on any atom is -0.382 e. The van der Waals surface area contributed by atoms with E-state index in [1.165, 1.54) is 11.1 Å². The molecule has 8 heteroatoms. The summed E-state index contributed by atoms with van der Waals surface area (Å²) < 4.78 is 7.51. The van der Waals surface area contributed by atoms with Gasteiger partial charge < -0.3 is 19.5 Å². The third-order valence-corrected chi connectivity index (χ3v) is 4.59.